The molecule has 340 valence electrons. The van der Waals surface area contributed by atoms with Crippen molar-refractivity contribution in [1.29, 1.82) is 0 Å². The van der Waals surface area contributed by atoms with Crippen LogP contribution in [0.5, 0.6) is 0 Å². The molecule has 0 aliphatic heterocycles. The molecule has 5 aliphatic rings. The SMILES string of the molecule is CC(C)CCC[C@@H](C)[C@H]1CC[C@@H]2[C@]1(C)CC[C@H]1[C@@]2(C)CC=C2CC(OC(=O)C(CCCCNC(=O)OC(C)(C)C)NC(=O)OCC3c4ccccc4-c4ccccc43)CC[C@@]21C. The summed E-state index contributed by atoms with van der Waals surface area (Å²) in [6, 6.07) is 15.6. The fraction of sp³-hybridized carbons (Fsp3) is 0.685. The highest BCUT2D eigenvalue weighted by Crippen LogP contribution is 2.72. The van der Waals surface area contributed by atoms with Gasteiger partial charge in [-0.05, 0) is 153 Å². The number of rotatable bonds is 15. The van der Waals surface area contributed by atoms with Crippen molar-refractivity contribution < 1.29 is 28.6 Å². The van der Waals surface area contributed by atoms with Crippen LogP contribution in [0.4, 0.5) is 9.59 Å². The van der Waals surface area contributed by atoms with Gasteiger partial charge in [-0.15, -0.1) is 0 Å². The molecular weight excluding hydrogens is 773 g/mol. The summed E-state index contributed by atoms with van der Waals surface area (Å²) in [6.07, 6.45) is 15.9. The van der Waals surface area contributed by atoms with E-state index in [0.717, 1.165) is 71.6 Å². The van der Waals surface area contributed by atoms with E-state index >= 15 is 0 Å². The number of carbonyl (C=O) groups is 3. The molecule has 2 aromatic carbocycles. The van der Waals surface area contributed by atoms with Gasteiger partial charge in [0.1, 0.15) is 24.4 Å². The molecule has 0 aromatic heterocycles. The van der Waals surface area contributed by atoms with Crippen LogP contribution in [0.1, 0.15) is 169 Å². The zero-order chi connectivity index (χ0) is 44.5. The first-order chi connectivity index (χ1) is 29.4. The quantitative estimate of drug-likeness (QED) is 0.0801. The number of fused-ring (bicyclic) bond motifs is 8. The average Bonchev–Trinajstić information content (AvgIpc) is 3.74. The summed E-state index contributed by atoms with van der Waals surface area (Å²) < 4.78 is 17.6. The fourth-order valence-corrected chi connectivity index (χ4v) is 13.7. The van der Waals surface area contributed by atoms with Crippen LogP contribution < -0.4 is 10.6 Å². The second kappa shape index (κ2) is 18.7. The molecule has 9 atom stereocenters. The van der Waals surface area contributed by atoms with Crippen molar-refractivity contribution in [1.82, 2.24) is 10.6 Å². The minimum atomic E-state index is -0.872. The Morgan fingerprint density at radius 2 is 1.47 bits per heavy atom. The number of carbonyl (C=O) groups excluding carboxylic acids is 3. The van der Waals surface area contributed by atoms with E-state index in [1.807, 2.05) is 45.0 Å². The molecule has 0 radical (unpaired) electrons. The molecule has 8 nitrogen and oxygen atoms in total. The van der Waals surface area contributed by atoms with Crippen LogP contribution >= 0.6 is 0 Å². The maximum atomic E-state index is 14.1. The Morgan fingerprint density at radius 1 is 0.774 bits per heavy atom. The number of esters is 1. The third-order valence-electron chi connectivity index (χ3n) is 16.6. The minimum Gasteiger partial charge on any atom is -0.461 e. The molecule has 3 saturated carbocycles. The number of ether oxygens (including phenoxy) is 3. The molecule has 5 aliphatic carbocycles. The first-order valence-corrected chi connectivity index (χ1v) is 24.4. The van der Waals surface area contributed by atoms with E-state index in [9.17, 15) is 14.4 Å². The van der Waals surface area contributed by atoms with Crippen LogP contribution in [-0.2, 0) is 19.0 Å². The molecule has 0 bridgehead atoms. The van der Waals surface area contributed by atoms with Crippen molar-refractivity contribution >= 4 is 18.2 Å². The fourth-order valence-electron chi connectivity index (χ4n) is 13.7. The summed E-state index contributed by atoms with van der Waals surface area (Å²) in [5.41, 5.74) is 6.28. The minimum absolute atomic E-state index is 0.0872. The van der Waals surface area contributed by atoms with Gasteiger partial charge in [0.15, 0.2) is 0 Å². The van der Waals surface area contributed by atoms with E-state index < -0.39 is 29.8 Å². The van der Waals surface area contributed by atoms with E-state index in [1.165, 1.54) is 50.5 Å². The standard InChI is InChI=1S/C54H78N2O6/c1-35(2)17-16-18-36(3)44-24-25-46-53(44,8)31-28-47-52(7)30-27-38(33-37(52)26-29-54(46,47)9)61-48(57)45(23-14-15-32-55-49(58)62-51(4,5)6)56-50(59)60-34-43-41-21-12-10-19-39(41)40-20-11-13-22-42(40)43/h10-13,19-22,26,35-36,38,43-47H,14-18,23-25,27-34H2,1-9H3,(H,55,58)(H,56,59)/t36-,38?,44-,45?,46-,47-,52+,53-,54+/m1/s1. The smallest absolute Gasteiger partial charge is 0.407 e. The Kier molecular flexibility index (Phi) is 14.0. The Labute approximate surface area is 373 Å². The highest BCUT2D eigenvalue weighted by molar-refractivity contribution is 5.82. The van der Waals surface area contributed by atoms with E-state index in [4.69, 9.17) is 14.2 Å². The van der Waals surface area contributed by atoms with E-state index in [2.05, 4.69) is 82.5 Å². The number of unbranched alkanes of at least 4 members (excludes halogenated alkanes) is 1. The maximum Gasteiger partial charge on any atom is 0.407 e. The molecule has 8 heteroatoms. The molecule has 2 unspecified atom stereocenters. The zero-order valence-electron chi connectivity index (χ0n) is 39.6. The molecule has 3 fully saturated rings. The second-order valence-electron chi connectivity index (χ2n) is 22.2. The topological polar surface area (TPSA) is 103 Å². The molecule has 0 saturated heterocycles. The second-order valence-corrected chi connectivity index (χ2v) is 22.2. The van der Waals surface area contributed by atoms with Gasteiger partial charge in [-0.1, -0.05) is 121 Å². The highest BCUT2D eigenvalue weighted by atomic mass is 16.6. The van der Waals surface area contributed by atoms with Crippen molar-refractivity contribution in [2.24, 2.45) is 45.8 Å². The lowest BCUT2D eigenvalue weighted by atomic mass is 9.41. The number of hydrogen-bond acceptors (Lipinski definition) is 6. The van der Waals surface area contributed by atoms with Crippen LogP contribution in [-0.4, -0.2) is 49.1 Å². The van der Waals surface area contributed by atoms with Gasteiger partial charge < -0.3 is 24.8 Å². The number of hydrogen-bond donors (Lipinski definition) is 2. The highest BCUT2D eigenvalue weighted by Gasteiger charge is 2.64. The van der Waals surface area contributed by atoms with Crippen molar-refractivity contribution in [3.05, 3.63) is 71.3 Å². The van der Waals surface area contributed by atoms with Crippen LogP contribution in [0.3, 0.4) is 0 Å². The van der Waals surface area contributed by atoms with Crippen LogP contribution in [0.15, 0.2) is 60.2 Å². The van der Waals surface area contributed by atoms with Crippen molar-refractivity contribution in [2.75, 3.05) is 13.2 Å². The first-order valence-electron chi connectivity index (χ1n) is 24.4. The number of alkyl carbamates (subject to hydrolysis) is 2. The molecule has 0 spiro atoms. The average molecular weight is 851 g/mol. The van der Waals surface area contributed by atoms with E-state index in [-0.39, 0.29) is 29.5 Å². The number of benzene rings is 2. The monoisotopic (exact) mass is 851 g/mol. The van der Waals surface area contributed by atoms with Gasteiger partial charge in [0.25, 0.3) is 0 Å². The van der Waals surface area contributed by atoms with Gasteiger partial charge in [0.05, 0.1) is 0 Å². The first kappa shape index (κ1) is 46.2. The summed E-state index contributed by atoms with van der Waals surface area (Å²) >= 11 is 0. The third kappa shape index (κ3) is 9.65. The summed E-state index contributed by atoms with van der Waals surface area (Å²) in [5.74, 6) is 3.28. The molecular formula is C54H78N2O6. The van der Waals surface area contributed by atoms with Crippen molar-refractivity contribution in [3.8, 4) is 11.1 Å². The van der Waals surface area contributed by atoms with Gasteiger partial charge in [0, 0.05) is 18.9 Å². The van der Waals surface area contributed by atoms with Gasteiger partial charge in [-0.3, -0.25) is 0 Å². The Bertz CT molecular complexity index is 1900. The number of nitrogens with one attached hydrogen (secondary N) is 2. The normalized spacial score (nSPS) is 29.8. The van der Waals surface area contributed by atoms with Crippen molar-refractivity contribution in [3.63, 3.8) is 0 Å². The van der Waals surface area contributed by atoms with Crippen LogP contribution in [0.2, 0.25) is 0 Å². The summed E-state index contributed by atoms with van der Waals surface area (Å²) in [5, 5.41) is 5.71. The number of allylic oxidation sites excluding steroid dienone is 1. The predicted octanol–water partition coefficient (Wildman–Crippen LogP) is 12.9. The summed E-state index contributed by atoms with van der Waals surface area (Å²) in [7, 11) is 0. The Balaban J connectivity index is 0.986. The summed E-state index contributed by atoms with van der Waals surface area (Å²) in [6.45, 7) is 21.1. The molecule has 2 amide bonds. The lowest BCUT2D eigenvalue weighted by Gasteiger charge is -2.63. The zero-order valence-corrected chi connectivity index (χ0v) is 39.6. The Morgan fingerprint density at radius 3 is 2.15 bits per heavy atom. The van der Waals surface area contributed by atoms with E-state index in [0.29, 0.717) is 37.1 Å². The molecule has 62 heavy (non-hydrogen) atoms. The Hall–Kier alpha value is -3.81. The predicted molar refractivity (Wildman–Crippen MR) is 248 cm³/mol. The molecule has 2 N–H and O–H groups in total. The summed E-state index contributed by atoms with van der Waals surface area (Å²) in [4.78, 5) is 39.9. The van der Waals surface area contributed by atoms with Gasteiger partial charge in [-0.2, -0.15) is 0 Å². The lowest BCUT2D eigenvalue weighted by molar-refractivity contribution is -0.156. The maximum absolute atomic E-state index is 14.1. The van der Waals surface area contributed by atoms with Crippen LogP contribution in [0.25, 0.3) is 11.1 Å². The van der Waals surface area contributed by atoms with Gasteiger partial charge in [0.2, 0.25) is 0 Å². The molecule has 7 rings (SSSR count). The van der Waals surface area contributed by atoms with Crippen LogP contribution in [0, 0.1) is 45.8 Å². The van der Waals surface area contributed by atoms with Crippen molar-refractivity contribution in [2.45, 2.75) is 176 Å². The molecule has 0 heterocycles. The third-order valence-corrected chi connectivity index (χ3v) is 16.6. The van der Waals surface area contributed by atoms with Gasteiger partial charge in [-0.25, -0.2) is 14.4 Å². The lowest BCUT2D eigenvalue weighted by Crippen LogP contribution is -2.56. The number of amides is 2. The molecule has 2 aromatic rings. The largest absolute Gasteiger partial charge is 0.461 e. The van der Waals surface area contributed by atoms with Gasteiger partial charge >= 0.3 is 18.2 Å². The van der Waals surface area contributed by atoms with E-state index in [1.54, 1.807) is 0 Å².